The second kappa shape index (κ2) is 5.83. The van der Waals surface area contributed by atoms with Crippen LogP contribution in [0.5, 0.6) is 0 Å². The lowest BCUT2D eigenvalue weighted by atomic mass is 10.2. The van der Waals surface area contributed by atoms with Crippen LogP contribution in [0.2, 0.25) is 0 Å². The van der Waals surface area contributed by atoms with Crippen LogP contribution in [0.4, 0.5) is 14.5 Å². The fraction of sp³-hybridized carbons (Fsp3) is 0.143. The molecule has 0 spiro atoms. The molecule has 0 bridgehead atoms. The summed E-state index contributed by atoms with van der Waals surface area (Å²) >= 11 is 5.73. The van der Waals surface area contributed by atoms with Crippen LogP contribution < -0.4 is 5.32 Å². The SMILES string of the molecule is Fc1cc(F)cc(CNc2cccc(CCl)c2)c1. The van der Waals surface area contributed by atoms with Gasteiger partial charge in [-0.2, -0.15) is 0 Å². The standard InChI is InChI=1S/C14H12ClF2N/c15-8-10-2-1-3-14(6-10)18-9-11-4-12(16)7-13(17)5-11/h1-7,18H,8-9H2. The molecule has 0 atom stereocenters. The smallest absolute Gasteiger partial charge is 0.126 e. The summed E-state index contributed by atoms with van der Waals surface area (Å²) in [5.41, 5.74) is 2.42. The van der Waals surface area contributed by atoms with Crippen molar-refractivity contribution in [2.24, 2.45) is 0 Å². The van der Waals surface area contributed by atoms with E-state index >= 15 is 0 Å². The van der Waals surface area contributed by atoms with Crippen LogP contribution in [0.3, 0.4) is 0 Å². The van der Waals surface area contributed by atoms with Gasteiger partial charge in [0.15, 0.2) is 0 Å². The lowest BCUT2D eigenvalue weighted by molar-refractivity contribution is 0.580. The molecule has 0 aliphatic carbocycles. The molecule has 0 amide bonds. The number of nitrogens with one attached hydrogen (secondary N) is 1. The largest absolute Gasteiger partial charge is 0.381 e. The first-order valence-electron chi connectivity index (χ1n) is 5.51. The van der Waals surface area contributed by atoms with Crippen molar-refractivity contribution in [2.75, 3.05) is 5.32 Å². The van der Waals surface area contributed by atoms with Crippen LogP contribution in [-0.4, -0.2) is 0 Å². The number of hydrogen-bond acceptors (Lipinski definition) is 1. The maximum atomic E-state index is 13.0. The second-order valence-electron chi connectivity index (χ2n) is 3.97. The van der Waals surface area contributed by atoms with Gasteiger partial charge in [-0.3, -0.25) is 0 Å². The van der Waals surface area contributed by atoms with E-state index in [2.05, 4.69) is 5.32 Å². The molecule has 0 heterocycles. The summed E-state index contributed by atoms with van der Waals surface area (Å²) in [7, 11) is 0. The minimum atomic E-state index is -0.568. The highest BCUT2D eigenvalue weighted by Gasteiger charge is 2.01. The molecule has 0 aliphatic heterocycles. The Morgan fingerprint density at radius 1 is 0.944 bits per heavy atom. The molecule has 0 saturated heterocycles. The van der Waals surface area contributed by atoms with E-state index in [0.717, 1.165) is 17.3 Å². The van der Waals surface area contributed by atoms with Crippen LogP contribution in [0.15, 0.2) is 42.5 Å². The summed E-state index contributed by atoms with van der Waals surface area (Å²) < 4.78 is 26.0. The van der Waals surface area contributed by atoms with Gasteiger partial charge in [-0.25, -0.2) is 8.78 Å². The topological polar surface area (TPSA) is 12.0 Å². The monoisotopic (exact) mass is 267 g/mol. The first kappa shape index (κ1) is 12.8. The first-order chi connectivity index (χ1) is 8.67. The molecule has 94 valence electrons. The van der Waals surface area contributed by atoms with Gasteiger partial charge in [-0.15, -0.1) is 11.6 Å². The molecule has 1 N–H and O–H groups in total. The number of rotatable bonds is 4. The van der Waals surface area contributed by atoms with Crippen molar-refractivity contribution in [3.63, 3.8) is 0 Å². The van der Waals surface area contributed by atoms with Gasteiger partial charge >= 0.3 is 0 Å². The molecule has 0 unspecified atom stereocenters. The Hall–Kier alpha value is -1.61. The minimum Gasteiger partial charge on any atom is -0.381 e. The van der Waals surface area contributed by atoms with E-state index in [9.17, 15) is 8.78 Å². The van der Waals surface area contributed by atoms with Crippen LogP contribution in [0.25, 0.3) is 0 Å². The van der Waals surface area contributed by atoms with Gasteiger partial charge in [-0.1, -0.05) is 12.1 Å². The molecule has 0 aromatic heterocycles. The number of anilines is 1. The van der Waals surface area contributed by atoms with Gasteiger partial charge in [0.05, 0.1) is 0 Å². The first-order valence-corrected chi connectivity index (χ1v) is 6.04. The van der Waals surface area contributed by atoms with Crippen molar-refractivity contribution < 1.29 is 8.78 Å². The van der Waals surface area contributed by atoms with E-state index in [-0.39, 0.29) is 0 Å². The third-order valence-corrected chi connectivity index (χ3v) is 2.81. The van der Waals surface area contributed by atoms with E-state index in [1.54, 1.807) is 0 Å². The predicted octanol–water partition coefficient (Wildman–Crippen LogP) is 4.32. The molecule has 2 rings (SSSR count). The molecular formula is C14H12ClF2N. The maximum Gasteiger partial charge on any atom is 0.126 e. The Morgan fingerprint density at radius 2 is 1.67 bits per heavy atom. The normalized spacial score (nSPS) is 10.4. The number of halogens is 3. The van der Waals surface area contributed by atoms with E-state index in [1.165, 1.54) is 12.1 Å². The Kier molecular flexibility index (Phi) is 4.15. The van der Waals surface area contributed by atoms with Crippen LogP contribution in [0.1, 0.15) is 11.1 Å². The number of alkyl halides is 1. The average Bonchev–Trinajstić information content (AvgIpc) is 2.35. The van der Waals surface area contributed by atoms with E-state index < -0.39 is 11.6 Å². The zero-order chi connectivity index (χ0) is 13.0. The molecule has 0 saturated carbocycles. The summed E-state index contributed by atoms with van der Waals surface area (Å²) in [6.45, 7) is 0.362. The van der Waals surface area contributed by atoms with Crippen LogP contribution >= 0.6 is 11.6 Å². The molecule has 18 heavy (non-hydrogen) atoms. The summed E-state index contributed by atoms with van der Waals surface area (Å²) in [6, 6.07) is 11.1. The van der Waals surface area contributed by atoms with Gasteiger partial charge < -0.3 is 5.32 Å². The van der Waals surface area contributed by atoms with Crippen molar-refractivity contribution in [1.29, 1.82) is 0 Å². The average molecular weight is 268 g/mol. The summed E-state index contributed by atoms with van der Waals surface area (Å²) in [4.78, 5) is 0. The predicted molar refractivity (Wildman–Crippen MR) is 69.7 cm³/mol. The summed E-state index contributed by atoms with van der Waals surface area (Å²) in [5, 5.41) is 3.10. The van der Waals surface area contributed by atoms with E-state index in [0.29, 0.717) is 18.0 Å². The van der Waals surface area contributed by atoms with Crippen LogP contribution in [0, 0.1) is 11.6 Å². The third-order valence-electron chi connectivity index (χ3n) is 2.50. The quantitative estimate of drug-likeness (QED) is 0.814. The van der Waals surface area contributed by atoms with Crippen molar-refractivity contribution in [3.8, 4) is 0 Å². The van der Waals surface area contributed by atoms with Gasteiger partial charge in [0, 0.05) is 24.2 Å². The van der Waals surface area contributed by atoms with E-state index in [1.807, 2.05) is 24.3 Å². The summed E-state index contributed by atoms with van der Waals surface area (Å²) in [5.74, 6) is -0.702. The zero-order valence-electron chi connectivity index (χ0n) is 9.59. The zero-order valence-corrected chi connectivity index (χ0v) is 10.3. The molecule has 4 heteroatoms. The number of benzene rings is 2. The molecule has 1 nitrogen and oxygen atoms in total. The van der Waals surface area contributed by atoms with Gasteiger partial charge in [0.25, 0.3) is 0 Å². The summed E-state index contributed by atoms with van der Waals surface area (Å²) in [6.07, 6.45) is 0. The Balaban J connectivity index is 2.06. The Morgan fingerprint density at radius 3 is 2.33 bits per heavy atom. The van der Waals surface area contributed by atoms with Gasteiger partial charge in [0.1, 0.15) is 11.6 Å². The fourth-order valence-corrected chi connectivity index (χ4v) is 1.85. The maximum absolute atomic E-state index is 13.0. The van der Waals surface area contributed by atoms with Crippen molar-refractivity contribution in [3.05, 3.63) is 65.2 Å². The highest BCUT2D eigenvalue weighted by Crippen LogP contribution is 2.14. The lowest BCUT2D eigenvalue weighted by Crippen LogP contribution is -2.00. The van der Waals surface area contributed by atoms with Crippen molar-refractivity contribution >= 4 is 17.3 Å². The molecule has 2 aromatic rings. The highest BCUT2D eigenvalue weighted by atomic mass is 35.5. The lowest BCUT2D eigenvalue weighted by Gasteiger charge is -2.08. The molecule has 2 aromatic carbocycles. The van der Waals surface area contributed by atoms with Crippen molar-refractivity contribution in [2.45, 2.75) is 12.4 Å². The van der Waals surface area contributed by atoms with Crippen molar-refractivity contribution in [1.82, 2.24) is 0 Å². The Labute approximate surface area is 109 Å². The highest BCUT2D eigenvalue weighted by molar-refractivity contribution is 6.17. The third kappa shape index (κ3) is 3.44. The number of hydrogen-bond donors (Lipinski definition) is 1. The van der Waals surface area contributed by atoms with Gasteiger partial charge in [-0.05, 0) is 35.4 Å². The van der Waals surface area contributed by atoms with Gasteiger partial charge in [0.2, 0.25) is 0 Å². The second-order valence-corrected chi connectivity index (χ2v) is 4.23. The molecule has 0 aliphatic rings. The minimum absolute atomic E-state index is 0.362. The molecule has 0 fully saturated rings. The van der Waals surface area contributed by atoms with Crippen LogP contribution in [-0.2, 0) is 12.4 Å². The fourth-order valence-electron chi connectivity index (χ4n) is 1.68. The Bertz CT molecular complexity index is 523. The molecular weight excluding hydrogens is 256 g/mol. The van der Waals surface area contributed by atoms with E-state index in [4.69, 9.17) is 11.6 Å². The molecule has 0 radical (unpaired) electrons.